The molecule has 1 heterocycles. The van der Waals surface area contributed by atoms with Crippen molar-refractivity contribution < 1.29 is 9.84 Å². The van der Waals surface area contributed by atoms with Crippen LogP contribution in [0.25, 0.3) is 0 Å². The second-order valence-electron chi connectivity index (χ2n) is 4.79. The minimum Gasteiger partial charge on any atom is -0.485 e. The van der Waals surface area contributed by atoms with Gasteiger partial charge in [0.1, 0.15) is 11.9 Å². The maximum absolute atomic E-state index is 10.4. The first-order valence-corrected chi connectivity index (χ1v) is 6.26. The van der Waals surface area contributed by atoms with Crippen LogP contribution in [-0.2, 0) is 0 Å². The zero-order chi connectivity index (χ0) is 12.5. The number of hydrogen-bond acceptors (Lipinski definition) is 2. The molecule has 18 heavy (non-hydrogen) atoms. The number of ether oxygens (including phenoxy) is 1. The lowest BCUT2D eigenvalue weighted by atomic mass is 9.86. The van der Waals surface area contributed by atoms with Gasteiger partial charge in [-0.15, -0.1) is 0 Å². The summed E-state index contributed by atoms with van der Waals surface area (Å²) in [4.78, 5) is 0. The van der Waals surface area contributed by atoms with Gasteiger partial charge in [0.15, 0.2) is 0 Å². The van der Waals surface area contributed by atoms with Gasteiger partial charge >= 0.3 is 0 Å². The first-order chi connectivity index (χ1) is 8.77. The van der Waals surface area contributed by atoms with Crippen LogP contribution in [0.2, 0.25) is 0 Å². The normalized spacial score (nSPS) is 26.2. The first kappa shape index (κ1) is 11.3. The Morgan fingerprint density at radius 3 is 2.39 bits per heavy atom. The highest BCUT2D eigenvalue weighted by Gasteiger charge is 2.34. The van der Waals surface area contributed by atoms with Crippen LogP contribution in [0, 0.1) is 5.92 Å². The minimum absolute atomic E-state index is 0.0438. The van der Waals surface area contributed by atoms with E-state index in [2.05, 4.69) is 0 Å². The third-order valence-corrected chi connectivity index (χ3v) is 3.60. The molecule has 2 aromatic rings. The van der Waals surface area contributed by atoms with Crippen molar-refractivity contribution in [2.45, 2.75) is 19.1 Å². The van der Waals surface area contributed by atoms with E-state index in [9.17, 15) is 5.11 Å². The van der Waals surface area contributed by atoms with E-state index in [0.717, 1.165) is 16.9 Å². The van der Waals surface area contributed by atoms with Gasteiger partial charge < -0.3 is 9.84 Å². The molecule has 3 atom stereocenters. The molecule has 2 aromatic carbocycles. The molecule has 3 rings (SSSR count). The van der Waals surface area contributed by atoms with Gasteiger partial charge in [-0.05, 0) is 11.6 Å². The molecule has 0 unspecified atom stereocenters. The van der Waals surface area contributed by atoms with Crippen molar-refractivity contribution in [2.75, 3.05) is 0 Å². The van der Waals surface area contributed by atoms with Crippen LogP contribution in [0.15, 0.2) is 54.6 Å². The van der Waals surface area contributed by atoms with Gasteiger partial charge in [-0.2, -0.15) is 0 Å². The molecule has 0 amide bonds. The fourth-order valence-corrected chi connectivity index (χ4v) is 2.54. The fourth-order valence-electron chi connectivity index (χ4n) is 2.54. The SMILES string of the molecule is C[C@@H]1[C@H](O)c2ccccc2O[C@@H]1c1ccccc1. The molecule has 0 saturated carbocycles. The van der Waals surface area contributed by atoms with E-state index >= 15 is 0 Å². The number of aliphatic hydroxyl groups is 1. The molecule has 2 nitrogen and oxygen atoms in total. The van der Waals surface area contributed by atoms with Crippen LogP contribution >= 0.6 is 0 Å². The highest BCUT2D eigenvalue weighted by Crippen LogP contribution is 2.44. The lowest BCUT2D eigenvalue weighted by Gasteiger charge is -2.35. The highest BCUT2D eigenvalue weighted by atomic mass is 16.5. The van der Waals surface area contributed by atoms with Gasteiger partial charge in [0.25, 0.3) is 0 Å². The molecule has 0 fully saturated rings. The third-order valence-electron chi connectivity index (χ3n) is 3.60. The number of para-hydroxylation sites is 1. The van der Waals surface area contributed by atoms with E-state index in [1.807, 2.05) is 61.5 Å². The minimum atomic E-state index is -0.472. The van der Waals surface area contributed by atoms with Gasteiger partial charge in [-0.25, -0.2) is 0 Å². The van der Waals surface area contributed by atoms with Crippen LogP contribution < -0.4 is 4.74 Å². The summed E-state index contributed by atoms with van der Waals surface area (Å²) in [6.07, 6.45) is -0.559. The highest BCUT2D eigenvalue weighted by molar-refractivity contribution is 5.39. The molecule has 1 aliphatic rings. The van der Waals surface area contributed by atoms with Crippen molar-refractivity contribution in [2.24, 2.45) is 5.92 Å². The van der Waals surface area contributed by atoms with Crippen molar-refractivity contribution in [1.29, 1.82) is 0 Å². The maximum Gasteiger partial charge on any atom is 0.129 e. The Morgan fingerprint density at radius 1 is 0.944 bits per heavy atom. The van der Waals surface area contributed by atoms with Gasteiger partial charge in [0.05, 0.1) is 6.10 Å². The summed E-state index contributed by atoms with van der Waals surface area (Å²) >= 11 is 0. The summed E-state index contributed by atoms with van der Waals surface area (Å²) in [6.45, 7) is 2.03. The Bertz CT molecular complexity index is 536. The van der Waals surface area contributed by atoms with Crippen molar-refractivity contribution in [3.8, 4) is 5.75 Å². The molecule has 0 bridgehead atoms. The van der Waals surface area contributed by atoms with E-state index in [0.29, 0.717) is 0 Å². The van der Waals surface area contributed by atoms with E-state index in [1.54, 1.807) is 0 Å². The van der Waals surface area contributed by atoms with Crippen LogP contribution in [-0.4, -0.2) is 5.11 Å². The van der Waals surface area contributed by atoms with E-state index < -0.39 is 6.10 Å². The quantitative estimate of drug-likeness (QED) is 0.826. The fraction of sp³-hybridized carbons (Fsp3) is 0.250. The van der Waals surface area contributed by atoms with Gasteiger partial charge in [-0.3, -0.25) is 0 Å². The Labute approximate surface area is 107 Å². The summed E-state index contributed by atoms with van der Waals surface area (Å²) in [5, 5.41) is 10.4. The summed E-state index contributed by atoms with van der Waals surface area (Å²) < 4.78 is 6.04. The van der Waals surface area contributed by atoms with Crippen LogP contribution in [0.1, 0.15) is 30.3 Å². The summed E-state index contributed by atoms with van der Waals surface area (Å²) in [5.41, 5.74) is 2.00. The largest absolute Gasteiger partial charge is 0.485 e. The Morgan fingerprint density at radius 2 is 1.61 bits per heavy atom. The van der Waals surface area contributed by atoms with Crippen LogP contribution in [0.5, 0.6) is 5.75 Å². The predicted molar refractivity (Wildman–Crippen MR) is 70.4 cm³/mol. The summed E-state index contributed by atoms with van der Waals surface area (Å²) in [5.74, 6) is 0.833. The second-order valence-corrected chi connectivity index (χ2v) is 4.79. The Balaban J connectivity index is 2.01. The number of fused-ring (bicyclic) bond motifs is 1. The van der Waals surface area contributed by atoms with Gasteiger partial charge in [-0.1, -0.05) is 55.5 Å². The van der Waals surface area contributed by atoms with E-state index in [-0.39, 0.29) is 12.0 Å². The molecule has 1 N–H and O–H groups in total. The number of benzene rings is 2. The standard InChI is InChI=1S/C16H16O2/c1-11-15(17)13-9-5-6-10-14(13)18-16(11)12-7-3-2-4-8-12/h2-11,15-17H,1H3/t11-,15+,16+/m1/s1. The molecular weight excluding hydrogens is 224 g/mol. The molecule has 0 aliphatic carbocycles. The molecule has 92 valence electrons. The number of rotatable bonds is 1. The third kappa shape index (κ3) is 1.79. The van der Waals surface area contributed by atoms with Crippen molar-refractivity contribution in [3.05, 3.63) is 65.7 Å². The first-order valence-electron chi connectivity index (χ1n) is 6.26. The predicted octanol–water partition coefficient (Wildman–Crippen LogP) is 3.49. The topological polar surface area (TPSA) is 29.5 Å². The number of aliphatic hydroxyl groups excluding tert-OH is 1. The lowest BCUT2D eigenvalue weighted by molar-refractivity contribution is 0.00765. The average molecular weight is 240 g/mol. The second kappa shape index (κ2) is 4.46. The molecule has 1 aliphatic heterocycles. The van der Waals surface area contributed by atoms with E-state index in [4.69, 9.17) is 4.74 Å². The van der Waals surface area contributed by atoms with Crippen molar-refractivity contribution >= 4 is 0 Å². The van der Waals surface area contributed by atoms with Gasteiger partial charge in [0, 0.05) is 11.5 Å². The Kier molecular flexibility index (Phi) is 2.80. The van der Waals surface area contributed by atoms with Gasteiger partial charge in [0.2, 0.25) is 0 Å². The molecular formula is C16H16O2. The zero-order valence-corrected chi connectivity index (χ0v) is 10.3. The smallest absolute Gasteiger partial charge is 0.129 e. The van der Waals surface area contributed by atoms with Crippen LogP contribution in [0.4, 0.5) is 0 Å². The molecule has 2 heteroatoms. The zero-order valence-electron chi connectivity index (χ0n) is 10.3. The molecule has 0 saturated heterocycles. The molecule has 0 spiro atoms. The van der Waals surface area contributed by atoms with E-state index in [1.165, 1.54) is 0 Å². The summed E-state index contributed by atoms with van der Waals surface area (Å²) in [6, 6.07) is 17.8. The number of hydrogen-bond donors (Lipinski definition) is 1. The lowest BCUT2D eigenvalue weighted by Crippen LogP contribution is -2.27. The van der Waals surface area contributed by atoms with Crippen molar-refractivity contribution in [1.82, 2.24) is 0 Å². The molecule has 0 aromatic heterocycles. The average Bonchev–Trinajstić information content (AvgIpc) is 2.44. The Hall–Kier alpha value is -1.80. The van der Waals surface area contributed by atoms with Crippen LogP contribution in [0.3, 0.4) is 0 Å². The van der Waals surface area contributed by atoms with Crippen molar-refractivity contribution in [3.63, 3.8) is 0 Å². The summed E-state index contributed by atoms with van der Waals surface area (Å²) in [7, 11) is 0. The monoisotopic (exact) mass is 240 g/mol. The molecule has 0 radical (unpaired) electrons. The maximum atomic E-state index is 10.4.